The van der Waals surface area contributed by atoms with Crippen LogP contribution in [0.2, 0.25) is 0 Å². The Hall–Kier alpha value is -1.37. The number of allylic oxidation sites excluding steroid dienone is 1. The number of phosphoric acid groups is 1. The highest BCUT2D eigenvalue weighted by Crippen LogP contribution is 2.44. The number of unbranched alkanes of at least 4 members (excludes halogenated alkanes) is 15. The quantitative estimate of drug-likeness (QED) is 0.0159. The molecule has 8 unspecified atom stereocenters. The Balaban J connectivity index is 1.27. The number of ether oxygens (including phenoxy) is 5. The van der Waals surface area contributed by atoms with Crippen LogP contribution in [0.15, 0.2) is 12.2 Å². The fraction of sp³-hybridized carbons (Fsp3) is 0.909. The lowest BCUT2D eigenvalue weighted by Gasteiger charge is -2.24. The van der Waals surface area contributed by atoms with E-state index >= 15 is 0 Å². The molecule has 13 heteroatoms. The molecule has 0 spiro atoms. The average molecular weight is 831 g/mol. The number of carbonyl (C=O) groups excluding carboxylic acids is 2. The summed E-state index contributed by atoms with van der Waals surface area (Å²) in [5, 5.41) is 0. The van der Waals surface area contributed by atoms with Crippen LogP contribution in [-0.4, -0.2) is 112 Å². The molecule has 3 saturated heterocycles. The fourth-order valence-corrected chi connectivity index (χ4v) is 7.89. The number of esters is 2. The van der Waals surface area contributed by atoms with Gasteiger partial charge < -0.3 is 33.1 Å². The second-order valence-corrected chi connectivity index (χ2v) is 19.1. The Morgan fingerprint density at radius 1 is 0.649 bits per heavy atom. The van der Waals surface area contributed by atoms with E-state index in [0.29, 0.717) is 29.7 Å². The molecule has 0 aliphatic carbocycles. The average Bonchev–Trinajstić information content (AvgIpc) is 4.11. The lowest BCUT2D eigenvalue weighted by molar-refractivity contribution is -0.870. The van der Waals surface area contributed by atoms with Crippen molar-refractivity contribution in [3.8, 4) is 0 Å². The van der Waals surface area contributed by atoms with Gasteiger partial charge >= 0.3 is 19.8 Å². The summed E-state index contributed by atoms with van der Waals surface area (Å²) in [4.78, 5) is 35.6. The van der Waals surface area contributed by atoms with E-state index in [2.05, 4.69) is 26.0 Å². The highest BCUT2D eigenvalue weighted by atomic mass is 31.2. The van der Waals surface area contributed by atoms with Gasteiger partial charge in [-0.15, -0.1) is 0 Å². The summed E-state index contributed by atoms with van der Waals surface area (Å²) in [5.41, 5.74) is 0. The van der Waals surface area contributed by atoms with E-state index in [4.69, 9.17) is 32.7 Å². The standard InChI is InChI=1S/C44H80NO11P/c1-6-8-10-12-14-15-16-17-18-19-20-22-24-28-43(46)50-34-36(35-52-57(48,49)51-31-30-45(3,4)5)53-44(47)29-25-27-38-40(55-38)33-42-41(56-42)32-39-37(54-39)26-23-21-13-11-9-7-2/h21,23,36-42H,6-20,22,24-35H2,1-5H3/p+1/b23-21-. The Kier molecular flexibility index (Phi) is 24.7. The van der Waals surface area contributed by atoms with Crippen molar-refractivity contribution in [2.75, 3.05) is 47.5 Å². The molecular weight excluding hydrogens is 749 g/mol. The van der Waals surface area contributed by atoms with E-state index in [0.717, 1.165) is 51.4 Å². The zero-order valence-corrected chi connectivity index (χ0v) is 37.3. The monoisotopic (exact) mass is 831 g/mol. The zero-order chi connectivity index (χ0) is 41.4. The molecule has 332 valence electrons. The number of likely N-dealkylation sites (N-methyl/N-ethyl adjacent to an activating group) is 1. The first-order valence-corrected chi connectivity index (χ1v) is 24.3. The van der Waals surface area contributed by atoms with Crippen LogP contribution in [0.5, 0.6) is 0 Å². The normalized spacial score (nSPS) is 24.3. The molecule has 0 aromatic heterocycles. The number of phosphoric ester groups is 1. The van der Waals surface area contributed by atoms with Crippen LogP contribution in [0.1, 0.15) is 168 Å². The summed E-state index contributed by atoms with van der Waals surface area (Å²) in [6.45, 7) is 4.28. The first-order valence-electron chi connectivity index (χ1n) is 22.8. The number of epoxide rings is 3. The maximum atomic E-state index is 12.8. The van der Waals surface area contributed by atoms with Crippen LogP contribution in [0.25, 0.3) is 0 Å². The second-order valence-electron chi connectivity index (χ2n) is 17.6. The maximum absolute atomic E-state index is 12.8. The number of quaternary nitrogens is 1. The number of rotatable bonds is 38. The molecule has 3 fully saturated rings. The smallest absolute Gasteiger partial charge is 0.462 e. The lowest BCUT2D eigenvalue weighted by Crippen LogP contribution is -2.37. The van der Waals surface area contributed by atoms with Crippen LogP contribution in [0.4, 0.5) is 0 Å². The number of carbonyl (C=O) groups is 2. The van der Waals surface area contributed by atoms with E-state index in [-0.39, 0.29) is 56.4 Å². The van der Waals surface area contributed by atoms with Gasteiger partial charge in [-0.25, -0.2) is 4.57 Å². The highest BCUT2D eigenvalue weighted by molar-refractivity contribution is 7.47. The van der Waals surface area contributed by atoms with Crippen molar-refractivity contribution in [2.24, 2.45) is 0 Å². The third-order valence-electron chi connectivity index (χ3n) is 11.0. The zero-order valence-electron chi connectivity index (χ0n) is 36.4. The van der Waals surface area contributed by atoms with Crippen molar-refractivity contribution in [3.63, 3.8) is 0 Å². The van der Waals surface area contributed by atoms with Crippen molar-refractivity contribution in [2.45, 2.75) is 211 Å². The molecule has 12 nitrogen and oxygen atoms in total. The van der Waals surface area contributed by atoms with Gasteiger partial charge in [0.2, 0.25) is 0 Å². The third-order valence-corrected chi connectivity index (χ3v) is 12.0. The predicted molar refractivity (Wildman–Crippen MR) is 223 cm³/mol. The van der Waals surface area contributed by atoms with Crippen LogP contribution in [0, 0.1) is 0 Å². The molecule has 0 bridgehead atoms. The Bertz CT molecular complexity index is 1180. The molecular formula is C44H81NO11P+. The molecule has 1 N–H and O–H groups in total. The van der Waals surface area contributed by atoms with Crippen LogP contribution in [0.3, 0.4) is 0 Å². The molecule has 0 radical (unpaired) electrons. The Morgan fingerprint density at radius 2 is 1.18 bits per heavy atom. The molecule has 8 atom stereocenters. The van der Waals surface area contributed by atoms with Crippen molar-refractivity contribution in [1.29, 1.82) is 0 Å². The molecule has 3 aliphatic rings. The minimum atomic E-state index is -4.41. The minimum Gasteiger partial charge on any atom is -0.462 e. The molecule has 0 saturated carbocycles. The van der Waals surface area contributed by atoms with E-state index in [1.807, 2.05) is 21.1 Å². The van der Waals surface area contributed by atoms with E-state index < -0.39 is 26.5 Å². The molecule has 0 aromatic rings. The van der Waals surface area contributed by atoms with Gasteiger partial charge in [0, 0.05) is 25.7 Å². The summed E-state index contributed by atoms with van der Waals surface area (Å²) >= 11 is 0. The minimum absolute atomic E-state index is 0.0140. The van der Waals surface area contributed by atoms with Gasteiger partial charge in [0.15, 0.2) is 6.10 Å². The van der Waals surface area contributed by atoms with Gasteiger partial charge in [0.1, 0.15) is 19.8 Å². The van der Waals surface area contributed by atoms with Crippen LogP contribution >= 0.6 is 7.82 Å². The summed E-state index contributed by atoms with van der Waals surface area (Å²) in [6, 6.07) is 0. The van der Waals surface area contributed by atoms with Crippen molar-refractivity contribution >= 4 is 19.8 Å². The van der Waals surface area contributed by atoms with Gasteiger partial charge in [-0.2, -0.15) is 0 Å². The Morgan fingerprint density at radius 3 is 1.81 bits per heavy atom. The van der Waals surface area contributed by atoms with Gasteiger partial charge in [-0.05, 0) is 38.5 Å². The first kappa shape index (κ1) is 50.0. The van der Waals surface area contributed by atoms with Crippen molar-refractivity contribution < 1.29 is 56.3 Å². The SMILES string of the molecule is CCCCC/C=C\CC1OC1CC1OC1CC1OC1CCCC(=O)OC(COC(=O)CCCCCCCCCCCCCCC)COP(=O)(O)OCC[N+](C)(C)C. The van der Waals surface area contributed by atoms with Crippen molar-refractivity contribution in [1.82, 2.24) is 0 Å². The molecule has 57 heavy (non-hydrogen) atoms. The molecule has 3 rings (SSSR count). The largest absolute Gasteiger partial charge is 0.472 e. The van der Waals surface area contributed by atoms with E-state index in [1.54, 1.807) is 0 Å². The lowest BCUT2D eigenvalue weighted by atomic mass is 10.0. The van der Waals surface area contributed by atoms with Crippen molar-refractivity contribution in [3.05, 3.63) is 12.2 Å². The Labute approximate surface area is 345 Å². The fourth-order valence-electron chi connectivity index (χ4n) is 7.14. The van der Waals surface area contributed by atoms with Gasteiger partial charge in [-0.1, -0.05) is 116 Å². The summed E-state index contributed by atoms with van der Waals surface area (Å²) in [5.74, 6) is -0.883. The van der Waals surface area contributed by atoms with Crippen LogP contribution in [-0.2, 0) is 46.9 Å². The predicted octanol–water partition coefficient (Wildman–Crippen LogP) is 9.54. The molecule has 0 amide bonds. The van der Waals surface area contributed by atoms with Gasteiger partial charge in [-0.3, -0.25) is 18.6 Å². The maximum Gasteiger partial charge on any atom is 0.472 e. The third kappa shape index (κ3) is 25.8. The topological polar surface area (TPSA) is 146 Å². The van der Waals surface area contributed by atoms with Crippen LogP contribution < -0.4 is 0 Å². The summed E-state index contributed by atoms with van der Waals surface area (Å²) in [7, 11) is 1.42. The number of hydrogen-bond acceptors (Lipinski definition) is 10. The number of nitrogens with zero attached hydrogens (tertiary/aromatic N) is 1. The molecule has 3 aliphatic heterocycles. The second kappa shape index (κ2) is 28.2. The highest BCUT2D eigenvalue weighted by Gasteiger charge is 2.51. The number of hydrogen-bond donors (Lipinski definition) is 1. The first-order chi connectivity index (χ1) is 27.4. The summed E-state index contributed by atoms with van der Waals surface area (Å²) in [6.07, 6.45) is 30.1. The van der Waals surface area contributed by atoms with Gasteiger partial charge in [0.05, 0.1) is 64.4 Å². The summed E-state index contributed by atoms with van der Waals surface area (Å²) < 4.78 is 52.0. The van der Waals surface area contributed by atoms with E-state index in [9.17, 15) is 19.0 Å². The van der Waals surface area contributed by atoms with E-state index in [1.165, 1.54) is 83.5 Å². The molecule has 0 aromatic carbocycles. The molecule has 3 heterocycles. The van der Waals surface area contributed by atoms with Gasteiger partial charge in [0.25, 0.3) is 0 Å².